The lowest BCUT2D eigenvalue weighted by molar-refractivity contribution is 0.487. The minimum absolute atomic E-state index is 0.00319. The highest BCUT2D eigenvalue weighted by atomic mass is 32.1. The Balaban J connectivity index is 1.74. The molecule has 0 aliphatic heterocycles. The maximum atomic E-state index is 4.61. The fourth-order valence-corrected chi connectivity index (χ4v) is 3.04. The molecule has 1 atom stereocenters. The lowest BCUT2D eigenvalue weighted by Crippen LogP contribution is -2.13. The Labute approximate surface area is 134 Å². The van der Waals surface area contributed by atoms with Crippen molar-refractivity contribution in [2.75, 3.05) is 5.32 Å². The van der Waals surface area contributed by atoms with Gasteiger partial charge in [-0.05, 0) is 23.8 Å². The fourth-order valence-electron chi connectivity index (χ4n) is 2.27. The first-order valence-electron chi connectivity index (χ1n) is 7.55. The number of hydrogen-bond donors (Lipinski definition) is 2. The van der Waals surface area contributed by atoms with Crippen molar-refractivity contribution in [2.24, 2.45) is 5.92 Å². The van der Waals surface area contributed by atoms with E-state index in [0.717, 1.165) is 24.6 Å². The van der Waals surface area contributed by atoms with Crippen LogP contribution in [-0.2, 0) is 6.54 Å². The molecule has 5 nitrogen and oxygen atoms in total. The summed E-state index contributed by atoms with van der Waals surface area (Å²) in [4.78, 5) is 8.79. The number of thiophene rings is 1. The molecule has 0 aliphatic carbocycles. The van der Waals surface area contributed by atoms with E-state index in [2.05, 4.69) is 51.7 Å². The van der Waals surface area contributed by atoms with E-state index in [1.165, 1.54) is 4.88 Å². The van der Waals surface area contributed by atoms with Gasteiger partial charge in [-0.3, -0.25) is 4.68 Å². The van der Waals surface area contributed by atoms with Gasteiger partial charge in [-0.1, -0.05) is 19.9 Å². The van der Waals surface area contributed by atoms with E-state index in [-0.39, 0.29) is 6.04 Å². The number of imidazole rings is 1. The molecular formula is C16H21N5S. The van der Waals surface area contributed by atoms with Crippen LogP contribution in [0.25, 0.3) is 0 Å². The summed E-state index contributed by atoms with van der Waals surface area (Å²) in [5.41, 5.74) is 0. The Hall–Kier alpha value is -2.08. The molecule has 0 fully saturated rings. The Morgan fingerprint density at radius 3 is 2.95 bits per heavy atom. The summed E-state index contributed by atoms with van der Waals surface area (Å²) >= 11 is 1.71. The maximum absolute atomic E-state index is 4.61. The topological polar surface area (TPSA) is 58.5 Å². The standard InChI is InChI=1S/C16H21N5S/c1-12(2)5-9-21-10-6-14(20-21)19-15(13-4-3-11-22-13)16-17-7-8-18-16/h3-4,6-8,10-12,15H,5,9H2,1-2H3,(H,17,18)(H,19,20)/t15-/m1/s1. The molecule has 22 heavy (non-hydrogen) atoms. The van der Waals surface area contributed by atoms with Gasteiger partial charge >= 0.3 is 0 Å². The van der Waals surface area contributed by atoms with Crippen LogP contribution in [0, 0.1) is 5.92 Å². The van der Waals surface area contributed by atoms with E-state index < -0.39 is 0 Å². The molecule has 0 amide bonds. The van der Waals surface area contributed by atoms with Crippen molar-refractivity contribution >= 4 is 17.2 Å². The zero-order valence-corrected chi connectivity index (χ0v) is 13.7. The number of nitrogens with zero attached hydrogens (tertiary/aromatic N) is 3. The molecule has 0 spiro atoms. The average Bonchev–Trinajstić information content (AvgIpc) is 3.23. The van der Waals surface area contributed by atoms with Crippen LogP contribution in [0.5, 0.6) is 0 Å². The van der Waals surface area contributed by atoms with E-state index in [0.29, 0.717) is 5.92 Å². The van der Waals surface area contributed by atoms with E-state index in [1.807, 2.05) is 23.1 Å². The highest BCUT2D eigenvalue weighted by Gasteiger charge is 2.18. The molecule has 3 aromatic rings. The van der Waals surface area contributed by atoms with E-state index in [1.54, 1.807) is 17.5 Å². The van der Waals surface area contributed by atoms with Gasteiger partial charge in [0.25, 0.3) is 0 Å². The number of hydrogen-bond acceptors (Lipinski definition) is 4. The summed E-state index contributed by atoms with van der Waals surface area (Å²) in [6.07, 6.45) is 6.78. The third-order valence-corrected chi connectivity index (χ3v) is 4.43. The van der Waals surface area contributed by atoms with Crippen LogP contribution in [0.15, 0.2) is 42.2 Å². The molecule has 0 radical (unpaired) electrons. The highest BCUT2D eigenvalue weighted by molar-refractivity contribution is 7.10. The predicted octanol–water partition coefficient (Wildman–Crippen LogP) is 3.92. The number of aromatic nitrogens is 4. The van der Waals surface area contributed by atoms with Crippen molar-refractivity contribution in [1.82, 2.24) is 19.7 Å². The third-order valence-electron chi connectivity index (χ3n) is 3.49. The monoisotopic (exact) mass is 315 g/mol. The van der Waals surface area contributed by atoms with Crippen molar-refractivity contribution in [3.63, 3.8) is 0 Å². The number of H-pyrrole nitrogens is 1. The van der Waals surface area contributed by atoms with Crippen LogP contribution < -0.4 is 5.32 Å². The molecule has 0 aromatic carbocycles. The second-order valence-corrected chi connectivity index (χ2v) is 6.69. The van der Waals surface area contributed by atoms with Gasteiger partial charge in [0.1, 0.15) is 17.7 Å². The highest BCUT2D eigenvalue weighted by Crippen LogP contribution is 2.27. The lowest BCUT2D eigenvalue weighted by atomic mass is 10.1. The number of anilines is 1. The van der Waals surface area contributed by atoms with E-state index >= 15 is 0 Å². The van der Waals surface area contributed by atoms with Crippen molar-refractivity contribution < 1.29 is 0 Å². The number of aromatic amines is 1. The van der Waals surface area contributed by atoms with Gasteiger partial charge in [-0.25, -0.2) is 4.98 Å². The fraction of sp³-hybridized carbons (Fsp3) is 0.375. The van der Waals surface area contributed by atoms with Crippen molar-refractivity contribution in [2.45, 2.75) is 32.9 Å². The van der Waals surface area contributed by atoms with Crippen LogP contribution >= 0.6 is 11.3 Å². The molecule has 3 rings (SSSR count). The van der Waals surface area contributed by atoms with E-state index in [4.69, 9.17) is 0 Å². The quantitative estimate of drug-likeness (QED) is 0.695. The van der Waals surface area contributed by atoms with Crippen molar-refractivity contribution in [3.05, 3.63) is 52.9 Å². The molecule has 0 unspecified atom stereocenters. The Morgan fingerprint density at radius 2 is 2.27 bits per heavy atom. The molecule has 6 heteroatoms. The maximum Gasteiger partial charge on any atom is 0.148 e. The molecule has 0 saturated heterocycles. The van der Waals surface area contributed by atoms with Gasteiger partial charge < -0.3 is 10.3 Å². The molecular weight excluding hydrogens is 294 g/mol. The second-order valence-electron chi connectivity index (χ2n) is 5.71. The minimum atomic E-state index is 0.00319. The van der Waals surface area contributed by atoms with Crippen LogP contribution in [0.3, 0.4) is 0 Å². The van der Waals surface area contributed by atoms with Crippen molar-refractivity contribution in [1.29, 1.82) is 0 Å². The number of aryl methyl sites for hydroxylation is 1. The Morgan fingerprint density at radius 1 is 1.36 bits per heavy atom. The first kappa shape index (κ1) is 14.8. The Bertz CT molecular complexity index is 635. The van der Waals surface area contributed by atoms with Crippen LogP contribution in [0.1, 0.15) is 37.0 Å². The average molecular weight is 315 g/mol. The summed E-state index contributed by atoms with van der Waals surface area (Å²) in [6, 6.07) is 6.19. The summed E-state index contributed by atoms with van der Waals surface area (Å²) in [7, 11) is 0. The van der Waals surface area contributed by atoms with E-state index in [9.17, 15) is 0 Å². The van der Waals surface area contributed by atoms with Gasteiger partial charge in [0, 0.05) is 36.1 Å². The first-order chi connectivity index (χ1) is 10.7. The second kappa shape index (κ2) is 6.79. The molecule has 116 valence electrons. The summed E-state index contributed by atoms with van der Waals surface area (Å²) in [5, 5.41) is 10.2. The normalized spacial score (nSPS) is 12.7. The van der Waals surface area contributed by atoms with Gasteiger partial charge in [-0.15, -0.1) is 11.3 Å². The molecule has 0 saturated carbocycles. The molecule has 3 aromatic heterocycles. The molecule has 0 bridgehead atoms. The van der Waals surface area contributed by atoms with Gasteiger partial charge in [-0.2, -0.15) is 5.10 Å². The zero-order valence-electron chi connectivity index (χ0n) is 12.9. The van der Waals surface area contributed by atoms with Gasteiger partial charge in [0.2, 0.25) is 0 Å². The van der Waals surface area contributed by atoms with Crippen LogP contribution in [-0.4, -0.2) is 19.7 Å². The predicted molar refractivity (Wildman–Crippen MR) is 90.1 cm³/mol. The smallest absolute Gasteiger partial charge is 0.148 e. The lowest BCUT2D eigenvalue weighted by Gasteiger charge is -2.14. The summed E-state index contributed by atoms with van der Waals surface area (Å²) in [5.74, 6) is 2.46. The molecule has 0 aliphatic rings. The SMILES string of the molecule is CC(C)CCn1ccc(N[C@@H](c2ncc[nH]2)c2cccs2)n1. The van der Waals surface area contributed by atoms with Crippen LogP contribution in [0.4, 0.5) is 5.82 Å². The van der Waals surface area contributed by atoms with Gasteiger partial charge in [0.05, 0.1) is 0 Å². The Kier molecular flexibility index (Phi) is 4.58. The third kappa shape index (κ3) is 3.57. The van der Waals surface area contributed by atoms with Gasteiger partial charge in [0.15, 0.2) is 0 Å². The van der Waals surface area contributed by atoms with Crippen LogP contribution in [0.2, 0.25) is 0 Å². The number of rotatable bonds is 7. The largest absolute Gasteiger partial charge is 0.354 e. The van der Waals surface area contributed by atoms with Crippen molar-refractivity contribution in [3.8, 4) is 0 Å². The summed E-state index contributed by atoms with van der Waals surface area (Å²) < 4.78 is 2.00. The molecule has 3 heterocycles. The number of nitrogens with one attached hydrogen (secondary N) is 2. The minimum Gasteiger partial charge on any atom is -0.354 e. The first-order valence-corrected chi connectivity index (χ1v) is 8.43. The zero-order chi connectivity index (χ0) is 15.4. The summed E-state index contributed by atoms with van der Waals surface area (Å²) in [6.45, 7) is 5.41. The molecule has 2 N–H and O–H groups in total.